The average Bonchev–Trinajstić information content (AvgIpc) is 2.85. The molecule has 0 radical (unpaired) electrons. The van der Waals surface area contributed by atoms with Gasteiger partial charge in [0.1, 0.15) is 11.1 Å². The second kappa shape index (κ2) is 4.01. The number of aromatic amines is 1. The normalized spacial score (nSPS) is 11.1. The molecule has 6 nitrogen and oxygen atoms in total. The number of fused-ring (bicyclic) bond motifs is 1. The molecular formula is C13H12N4O2. The third kappa shape index (κ3) is 1.72. The Balaban J connectivity index is 2.47. The molecule has 0 bridgehead atoms. The standard InChI is InChI=1S/C13H12N4O2/c1-6-4-7(2)11-9(5-6)8(3)10(13(18)19-11)12-14-16-17-15-12/h4-5H,1-3H3,(H,14,15,16,17). The van der Waals surface area contributed by atoms with Gasteiger partial charge in [0.15, 0.2) is 0 Å². The fourth-order valence-corrected chi connectivity index (χ4v) is 2.33. The van der Waals surface area contributed by atoms with Crippen LogP contribution >= 0.6 is 0 Å². The first kappa shape index (κ1) is 11.6. The minimum Gasteiger partial charge on any atom is -0.422 e. The number of H-pyrrole nitrogens is 1. The summed E-state index contributed by atoms with van der Waals surface area (Å²) in [6, 6.07) is 3.98. The smallest absolute Gasteiger partial charge is 0.347 e. The third-order valence-electron chi connectivity index (χ3n) is 3.17. The number of nitrogens with zero attached hydrogens (tertiary/aromatic N) is 3. The van der Waals surface area contributed by atoms with Gasteiger partial charge in [-0.2, -0.15) is 5.21 Å². The lowest BCUT2D eigenvalue weighted by Crippen LogP contribution is -2.07. The Morgan fingerprint density at radius 2 is 2.00 bits per heavy atom. The Hall–Kier alpha value is -2.50. The highest BCUT2D eigenvalue weighted by Crippen LogP contribution is 2.27. The minimum absolute atomic E-state index is 0.257. The number of benzene rings is 1. The van der Waals surface area contributed by atoms with Crippen molar-refractivity contribution in [1.82, 2.24) is 20.6 Å². The van der Waals surface area contributed by atoms with Crippen molar-refractivity contribution in [3.63, 3.8) is 0 Å². The first-order valence-electron chi connectivity index (χ1n) is 5.86. The predicted octanol–water partition coefficient (Wildman–Crippen LogP) is 1.90. The Labute approximate surface area is 108 Å². The Kier molecular flexibility index (Phi) is 2.45. The molecule has 1 aromatic carbocycles. The van der Waals surface area contributed by atoms with Gasteiger partial charge in [0, 0.05) is 5.39 Å². The molecule has 3 rings (SSSR count). The molecule has 96 valence electrons. The van der Waals surface area contributed by atoms with Gasteiger partial charge in [-0.05, 0) is 48.7 Å². The van der Waals surface area contributed by atoms with E-state index in [1.54, 1.807) is 0 Å². The van der Waals surface area contributed by atoms with Crippen LogP contribution in [-0.4, -0.2) is 20.6 Å². The van der Waals surface area contributed by atoms with E-state index in [9.17, 15) is 4.79 Å². The molecule has 0 aliphatic carbocycles. The molecule has 0 unspecified atom stereocenters. The van der Waals surface area contributed by atoms with E-state index in [0.29, 0.717) is 11.1 Å². The predicted molar refractivity (Wildman–Crippen MR) is 69.9 cm³/mol. The molecule has 0 saturated carbocycles. The molecule has 0 aliphatic rings. The molecule has 1 N–H and O–H groups in total. The van der Waals surface area contributed by atoms with Gasteiger partial charge in [-0.25, -0.2) is 4.79 Å². The number of aromatic nitrogens is 4. The number of rotatable bonds is 1. The molecule has 19 heavy (non-hydrogen) atoms. The second-order valence-electron chi connectivity index (χ2n) is 4.58. The third-order valence-corrected chi connectivity index (χ3v) is 3.17. The molecular weight excluding hydrogens is 244 g/mol. The van der Waals surface area contributed by atoms with Crippen LogP contribution in [0.15, 0.2) is 21.3 Å². The first-order valence-corrected chi connectivity index (χ1v) is 5.86. The summed E-state index contributed by atoms with van der Waals surface area (Å²) in [5.41, 5.74) is 3.38. The molecule has 0 aliphatic heterocycles. The largest absolute Gasteiger partial charge is 0.422 e. The van der Waals surface area contributed by atoms with E-state index in [-0.39, 0.29) is 5.82 Å². The van der Waals surface area contributed by atoms with Crippen molar-refractivity contribution in [3.05, 3.63) is 39.2 Å². The van der Waals surface area contributed by atoms with E-state index < -0.39 is 5.63 Å². The van der Waals surface area contributed by atoms with Crippen molar-refractivity contribution >= 4 is 11.0 Å². The number of aryl methyl sites for hydroxylation is 3. The molecule has 6 heteroatoms. The van der Waals surface area contributed by atoms with Crippen molar-refractivity contribution in [3.8, 4) is 11.4 Å². The SMILES string of the molecule is Cc1cc(C)c2oc(=O)c(-c3nn[nH]n3)c(C)c2c1. The lowest BCUT2D eigenvalue weighted by Gasteiger charge is -2.08. The van der Waals surface area contributed by atoms with Gasteiger partial charge < -0.3 is 4.42 Å². The van der Waals surface area contributed by atoms with E-state index in [1.807, 2.05) is 32.9 Å². The lowest BCUT2D eigenvalue weighted by molar-refractivity contribution is 0.559. The summed E-state index contributed by atoms with van der Waals surface area (Å²) < 4.78 is 5.41. The summed E-state index contributed by atoms with van der Waals surface area (Å²) in [5.74, 6) is 0.257. The Morgan fingerprint density at radius 3 is 2.68 bits per heavy atom. The van der Waals surface area contributed by atoms with Crippen molar-refractivity contribution in [2.24, 2.45) is 0 Å². The molecule has 0 spiro atoms. The molecule has 2 heterocycles. The van der Waals surface area contributed by atoms with Crippen LogP contribution in [0, 0.1) is 20.8 Å². The van der Waals surface area contributed by atoms with E-state index in [0.717, 1.165) is 22.1 Å². The molecule has 0 amide bonds. The summed E-state index contributed by atoms with van der Waals surface area (Å²) in [4.78, 5) is 12.1. The van der Waals surface area contributed by atoms with E-state index >= 15 is 0 Å². The fourth-order valence-electron chi connectivity index (χ4n) is 2.33. The van der Waals surface area contributed by atoms with Gasteiger partial charge in [0.2, 0.25) is 5.82 Å². The highest BCUT2D eigenvalue weighted by atomic mass is 16.4. The highest BCUT2D eigenvalue weighted by molar-refractivity contribution is 5.87. The number of tetrazole rings is 1. The van der Waals surface area contributed by atoms with Crippen molar-refractivity contribution in [1.29, 1.82) is 0 Å². The molecule has 0 saturated heterocycles. The van der Waals surface area contributed by atoms with Crippen LogP contribution in [0.5, 0.6) is 0 Å². The number of nitrogens with one attached hydrogen (secondary N) is 1. The van der Waals surface area contributed by atoms with Gasteiger partial charge in [-0.1, -0.05) is 6.07 Å². The second-order valence-corrected chi connectivity index (χ2v) is 4.58. The van der Waals surface area contributed by atoms with Gasteiger partial charge in [-0.3, -0.25) is 0 Å². The van der Waals surface area contributed by atoms with E-state index in [2.05, 4.69) is 20.6 Å². The number of hydrogen-bond donors (Lipinski definition) is 1. The van der Waals surface area contributed by atoms with Gasteiger partial charge in [-0.15, -0.1) is 10.2 Å². The van der Waals surface area contributed by atoms with Crippen LogP contribution in [0.25, 0.3) is 22.4 Å². The fraction of sp³-hybridized carbons (Fsp3) is 0.231. The molecule has 2 aromatic heterocycles. The van der Waals surface area contributed by atoms with Crippen molar-refractivity contribution in [2.45, 2.75) is 20.8 Å². The van der Waals surface area contributed by atoms with E-state index in [1.165, 1.54) is 0 Å². The lowest BCUT2D eigenvalue weighted by atomic mass is 10.0. The summed E-state index contributed by atoms with van der Waals surface area (Å²) in [5, 5.41) is 14.4. The monoisotopic (exact) mass is 256 g/mol. The molecule has 0 fully saturated rings. The highest BCUT2D eigenvalue weighted by Gasteiger charge is 2.17. The maximum Gasteiger partial charge on any atom is 0.347 e. The summed E-state index contributed by atoms with van der Waals surface area (Å²) in [7, 11) is 0. The average molecular weight is 256 g/mol. The van der Waals surface area contributed by atoms with Gasteiger partial charge >= 0.3 is 5.63 Å². The van der Waals surface area contributed by atoms with E-state index in [4.69, 9.17) is 4.42 Å². The van der Waals surface area contributed by atoms with Crippen LogP contribution in [-0.2, 0) is 0 Å². The minimum atomic E-state index is -0.446. The summed E-state index contributed by atoms with van der Waals surface area (Å²) in [6.07, 6.45) is 0. The van der Waals surface area contributed by atoms with Crippen LogP contribution < -0.4 is 5.63 Å². The van der Waals surface area contributed by atoms with Gasteiger partial charge in [0.25, 0.3) is 0 Å². The topological polar surface area (TPSA) is 84.7 Å². The first-order chi connectivity index (χ1) is 9.08. The Morgan fingerprint density at radius 1 is 1.21 bits per heavy atom. The zero-order valence-corrected chi connectivity index (χ0v) is 10.8. The quantitative estimate of drug-likeness (QED) is 0.672. The van der Waals surface area contributed by atoms with Gasteiger partial charge in [0.05, 0.1) is 0 Å². The van der Waals surface area contributed by atoms with Crippen LogP contribution in [0.2, 0.25) is 0 Å². The molecule has 0 atom stereocenters. The molecule has 3 aromatic rings. The summed E-state index contributed by atoms with van der Waals surface area (Å²) in [6.45, 7) is 5.79. The van der Waals surface area contributed by atoms with Crippen LogP contribution in [0.4, 0.5) is 0 Å². The number of hydrogen-bond acceptors (Lipinski definition) is 5. The Bertz CT molecular complexity index is 819. The van der Waals surface area contributed by atoms with Crippen molar-refractivity contribution < 1.29 is 4.42 Å². The van der Waals surface area contributed by atoms with Crippen LogP contribution in [0.1, 0.15) is 16.7 Å². The summed E-state index contributed by atoms with van der Waals surface area (Å²) >= 11 is 0. The van der Waals surface area contributed by atoms with Crippen LogP contribution in [0.3, 0.4) is 0 Å². The zero-order chi connectivity index (χ0) is 13.6. The zero-order valence-electron chi connectivity index (χ0n) is 10.8. The maximum atomic E-state index is 12.1. The van der Waals surface area contributed by atoms with Crippen molar-refractivity contribution in [2.75, 3.05) is 0 Å². The maximum absolute atomic E-state index is 12.1.